The van der Waals surface area contributed by atoms with Gasteiger partial charge in [0.05, 0.1) is 11.6 Å². The lowest BCUT2D eigenvalue weighted by molar-refractivity contribution is -0.138. The number of halogens is 4. The van der Waals surface area contributed by atoms with E-state index in [9.17, 15) is 18.0 Å². The SMILES string of the molecule is O=C1NC(c2c(Cl)cccc2C(F)(F)F)CO1. The van der Waals surface area contributed by atoms with Crippen LogP contribution < -0.4 is 5.32 Å². The molecule has 0 radical (unpaired) electrons. The third-order valence-corrected chi connectivity index (χ3v) is 2.71. The minimum absolute atomic E-state index is 0.0457. The summed E-state index contributed by atoms with van der Waals surface area (Å²) in [7, 11) is 0. The molecular weight excluding hydrogens is 259 g/mol. The molecule has 1 aliphatic rings. The number of benzene rings is 1. The van der Waals surface area contributed by atoms with E-state index in [1.165, 1.54) is 12.1 Å². The Kier molecular flexibility index (Phi) is 2.91. The molecule has 2 rings (SSSR count). The van der Waals surface area contributed by atoms with Gasteiger partial charge in [-0.25, -0.2) is 4.79 Å². The Labute approximate surface area is 99.5 Å². The third-order valence-electron chi connectivity index (χ3n) is 2.38. The minimum atomic E-state index is -4.52. The standard InChI is InChI=1S/C10H7ClF3NO2/c11-6-3-1-2-5(10(12,13)14)8(6)7-4-17-9(16)15-7/h1-3,7H,4H2,(H,15,16). The van der Waals surface area contributed by atoms with Gasteiger partial charge in [-0.3, -0.25) is 0 Å². The molecule has 17 heavy (non-hydrogen) atoms. The van der Waals surface area contributed by atoms with Crippen LogP contribution in [0.2, 0.25) is 5.02 Å². The van der Waals surface area contributed by atoms with Crippen molar-refractivity contribution in [1.29, 1.82) is 0 Å². The van der Waals surface area contributed by atoms with Crippen molar-refractivity contribution in [1.82, 2.24) is 5.32 Å². The van der Waals surface area contributed by atoms with E-state index in [1.807, 2.05) is 0 Å². The second-order valence-electron chi connectivity index (χ2n) is 3.49. The van der Waals surface area contributed by atoms with Crippen LogP contribution in [0.5, 0.6) is 0 Å². The average molecular weight is 266 g/mol. The van der Waals surface area contributed by atoms with Gasteiger partial charge in [-0.05, 0) is 12.1 Å². The quantitative estimate of drug-likeness (QED) is 0.847. The Balaban J connectivity index is 2.48. The molecule has 1 atom stereocenters. The highest BCUT2D eigenvalue weighted by Crippen LogP contribution is 2.38. The highest BCUT2D eigenvalue weighted by atomic mass is 35.5. The first-order chi connectivity index (χ1) is 7.89. The summed E-state index contributed by atoms with van der Waals surface area (Å²) in [6, 6.07) is 2.61. The van der Waals surface area contributed by atoms with Crippen molar-refractivity contribution >= 4 is 17.7 Å². The van der Waals surface area contributed by atoms with E-state index in [4.69, 9.17) is 11.6 Å². The summed E-state index contributed by atoms with van der Waals surface area (Å²) in [4.78, 5) is 10.8. The largest absolute Gasteiger partial charge is 0.447 e. The van der Waals surface area contributed by atoms with Gasteiger partial charge in [0.25, 0.3) is 0 Å². The van der Waals surface area contributed by atoms with Crippen molar-refractivity contribution in [3.05, 3.63) is 34.3 Å². The van der Waals surface area contributed by atoms with Crippen molar-refractivity contribution in [2.24, 2.45) is 0 Å². The molecule has 3 nitrogen and oxygen atoms in total. The molecule has 0 bridgehead atoms. The lowest BCUT2D eigenvalue weighted by Gasteiger charge is -2.17. The fraction of sp³-hybridized carbons (Fsp3) is 0.300. The summed E-state index contributed by atoms with van der Waals surface area (Å²) in [6.45, 7) is -0.161. The number of carbonyl (C=O) groups excluding carboxylic acids is 1. The molecule has 0 saturated carbocycles. The number of ether oxygens (including phenoxy) is 1. The first kappa shape index (κ1) is 12.0. The second-order valence-corrected chi connectivity index (χ2v) is 3.90. The van der Waals surface area contributed by atoms with Crippen LogP contribution in [0.1, 0.15) is 17.2 Å². The van der Waals surface area contributed by atoms with E-state index >= 15 is 0 Å². The Morgan fingerprint density at radius 1 is 1.41 bits per heavy atom. The molecule has 92 valence electrons. The van der Waals surface area contributed by atoms with Gasteiger partial charge in [0.2, 0.25) is 0 Å². The zero-order valence-electron chi connectivity index (χ0n) is 8.34. The molecule has 1 unspecified atom stereocenters. The smallest absolute Gasteiger partial charge is 0.416 e. The van der Waals surface area contributed by atoms with Crippen LogP contribution in [-0.2, 0) is 10.9 Å². The topological polar surface area (TPSA) is 38.3 Å². The average Bonchev–Trinajstić information content (AvgIpc) is 2.63. The van der Waals surface area contributed by atoms with Crippen molar-refractivity contribution in [3.8, 4) is 0 Å². The first-order valence-electron chi connectivity index (χ1n) is 4.68. The lowest BCUT2D eigenvalue weighted by atomic mass is 10.0. The van der Waals surface area contributed by atoms with Crippen LogP contribution in [-0.4, -0.2) is 12.7 Å². The molecule has 1 fully saturated rings. The van der Waals surface area contributed by atoms with Crippen molar-refractivity contribution in [2.45, 2.75) is 12.2 Å². The summed E-state index contributed by atoms with van der Waals surface area (Å²) >= 11 is 5.76. The fourth-order valence-corrected chi connectivity index (χ4v) is 1.98. The summed E-state index contributed by atoms with van der Waals surface area (Å²) in [5, 5.41) is 2.23. The van der Waals surface area contributed by atoms with Crippen LogP contribution in [0.15, 0.2) is 18.2 Å². The maximum Gasteiger partial charge on any atom is 0.416 e. The number of hydrogen-bond acceptors (Lipinski definition) is 2. The zero-order chi connectivity index (χ0) is 12.6. The van der Waals surface area contributed by atoms with Gasteiger partial charge in [0.1, 0.15) is 6.61 Å². The van der Waals surface area contributed by atoms with E-state index in [0.29, 0.717) is 0 Å². The third kappa shape index (κ3) is 2.31. The Morgan fingerprint density at radius 3 is 2.65 bits per heavy atom. The van der Waals surface area contributed by atoms with Crippen molar-refractivity contribution in [3.63, 3.8) is 0 Å². The van der Waals surface area contributed by atoms with E-state index in [0.717, 1.165) is 6.07 Å². The normalized spacial score (nSPS) is 20.0. The molecule has 7 heteroatoms. The Morgan fingerprint density at radius 2 is 2.12 bits per heavy atom. The van der Waals surface area contributed by atoms with Crippen LogP contribution >= 0.6 is 11.6 Å². The summed E-state index contributed by atoms with van der Waals surface area (Å²) < 4.78 is 42.9. The lowest BCUT2D eigenvalue weighted by Crippen LogP contribution is -2.22. The molecule has 1 aromatic carbocycles. The molecule has 0 aliphatic carbocycles. The maximum absolute atomic E-state index is 12.8. The summed E-state index contributed by atoms with van der Waals surface area (Å²) in [5.74, 6) is 0. The Bertz CT molecular complexity index is 461. The highest BCUT2D eigenvalue weighted by molar-refractivity contribution is 6.31. The summed E-state index contributed by atoms with van der Waals surface area (Å²) in [6.07, 6.45) is -5.27. The molecule has 1 aromatic rings. The number of carbonyl (C=O) groups is 1. The molecule has 1 N–H and O–H groups in total. The van der Waals surface area contributed by atoms with Gasteiger partial charge in [0, 0.05) is 10.6 Å². The van der Waals surface area contributed by atoms with E-state index in [2.05, 4.69) is 10.1 Å². The van der Waals surface area contributed by atoms with Crippen LogP contribution in [0.25, 0.3) is 0 Å². The second kappa shape index (κ2) is 4.10. The zero-order valence-corrected chi connectivity index (χ0v) is 9.10. The van der Waals surface area contributed by atoms with Gasteiger partial charge in [-0.15, -0.1) is 0 Å². The monoisotopic (exact) mass is 265 g/mol. The Hall–Kier alpha value is -1.43. The van der Waals surface area contributed by atoms with Crippen molar-refractivity contribution in [2.75, 3.05) is 6.61 Å². The molecule has 0 spiro atoms. The molecule has 1 aliphatic heterocycles. The molecule has 0 aromatic heterocycles. The number of hydrogen-bond donors (Lipinski definition) is 1. The van der Waals surface area contributed by atoms with Gasteiger partial charge in [-0.1, -0.05) is 17.7 Å². The number of rotatable bonds is 1. The van der Waals surface area contributed by atoms with E-state index < -0.39 is 23.9 Å². The number of alkyl halides is 3. The minimum Gasteiger partial charge on any atom is -0.447 e. The van der Waals surface area contributed by atoms with Gasteiger partial charge in [0.15, 0.2) is 0 Å². The van der Waals surface area contributed by atoms with Crippen molar-refractivity contribution < 1.29 is 22.7 Å². The molecular formula is C10H7ClF3NO2. The first-order valence-corrected chi connectivity index (χ1v) is 5.06. The van der Waals surface area contributed by atoms with E-state index in [1.54, 1.807) is 0 Å². The molecule has 1 heterocycles. The maximum atomic E-state index is 12.8. The van der Waals surface area contributed by atoms with Crippen LogP contribution in [0, 0.1) is 0 Å². The number of amides is 1. The predicted octanol–water partition coefficient (Wildman–Crippen LogP) is 3.14. The fourth-order valence-electron chi connectivity index (χ4n) is 1.68. The number of cyclic esters (lactones) is 1. The molecule has 1 saturated heterocycles. The number of nitrogens with one attached hydrogen (secondary N) is 1. The summed E-state index contributed by atoms with van der Waals surface area (Å²) in [5.41, 5.74) is -1.02. The molecule has 1 amide bonds. The van der Waals surface area contributed by atoms with Gasteiger partial charge < -0.3 is 10.1 Å². The van der Waals surface area contributed by atoms with Gasteiger partial charge >= 0.3 is 12.3 Å². The predicted molar refractivity (Wildman–Crippen MR) is 53.7 cm³/mol. The van der Waals surface area contributed by atoms with E-state index in [-0.39, 0.29) is 17.2 Å². The number of alkyl carbamates (subject to hydrolysis) is 1. The highest BCUT2D eigenvalue weighted by Gasteiger charge is 2.38. The van der Waals surface area contributed by atoms with Crippen LogP contribution in [0.3, 0.4) is 0 Å². The van der Waals surface area contributed by atoms with Crippen LogP contribution in [0.4, 0.5) is 18.0 Å². The van der Waals surface area contributed by atoms with Gasteiger partial charge in [-0.2, -0.15) is 13.2 Å².